The number of aryl methyl sites for hydroxylation is 1. The molecular weight excluding hydrogens is 232 g/mol. The van der Waals surface area contributed by atoms with Crippen molar-refractivity contribution in [1.82, 2.24) is 15.2 Å². The summed E-state index contributed by atoms with van der Waals surface area (Å²) in [5, 5.41) is 19.7. The molecule has 0 saturated heterocycles. The number of nitrogens with one attached hydrogen (secondary N) is 1. The van der Waals surface area contributed by atoms with Crippen LogP contribution in [0.15, 0.2) is 30.6 Å². The maximum Gasteiger partial charge on any atom is 0.339 e. The minimum absolute atomic E-state index is 0.182. The Labute approximate surface area is 104 Å². The third-order valence-corrected chi connectivity index (χ3v) is 2.44. The smallest absolute Gasteiger partial charge is 0.339 e. The quantitative estimate of drug-likeness (QED) is 0.847. The number of hydrogen-bond donors (Lipinski definition) is 2. The number of nitrogens with zero attached hydrogens (tertiary/aromatic N) is 3. The molecule has 0 aliphatic heterocycles. The first kappa shape index (κ1) is 12.0. The van der Waals surface area contributed by atoms with E-state index < -0.39 is 5.97 Å². The summed E-state index contributed by atoms with van der Waals surface area (Å²) in [4.78, 5) is 15.2. The fourth-order valence-corrected chi connectivity index (χ4v) is 1.56. The number of carboxylic acid groups (broad SMARTS) is 1. The number of rotatable bonds is 4. The van der Waals surface area contributed by atoms with Crippen LogP contribution in [0, 0.1) is 6.92 Å². The van der Waals surface area contributed by atoms with Gasteiger partial charge in [0.15, 0.2) is 0 Å². The highest BCUT2D eigenvalue weighted by atomic mass is 16.4. The van der Waals surface area contributed by atoms with Gasteiger partial charge in [0.05, 0.1) is 12.2 Å². The van der Waals surface area contributed by atoms with E-state index in [1.807, 2.05) is 0 Å². The number of aromatic nitrogens is 3. The summed E-state index contributed by atoms with van der Waals surface area (Å²) >= 11 is 0. The molecule has 0 aliphatic carbocycles. The van der Waals surface area contributed by atoms with Crippen LogP contribution in [0.2, 0.25) is 0 Å². The van der Waals surface area contributed by atoms with Gasteiger partial charge in [0, 0.05) is 12.4 Å². The lowest BCUT2D eigenvalue weighted by atomic mass is 10.1. The first-order valence-electron chi connectivity index (χ1n) is 5.38. The summed E-state index contributed by atoms with van der Waals surface area (Å²) < 4.78 is 0. The maximum absolute atomic E-state index is 11.1. The molecule has 2 heterocycles. The molecule has 0 aliphatic rings. The van der Waals surface area contributed by atoms with Crippen molar-refractivity contribution in [2.75, 3.05) is 5.32 Å². The molecule has 0 radical (unpaired) electrons. The van der Waals surface area contributed by atoms with Gasteiger partial charge in [-0.15, -0.1) is 0 Å². The van der Waals surface area contributed by atoms with Crippen molar-refractivity contribution < 1.29 is 9.90 Å². The first-order chi connectivity index (χ1) is 8.68. The molecule has 0 atom stereocenters. The van der Waals surface area contributed by atoms with Gasteiger partial charge in [-0.05, 0) is 30.7 Å². The summed E-state index contributed by atoms with van der Waals surface area (Å²) in [5.74, 6) is -0.657. The molecule has 92 valence electrons. The molecule has 0 spiro atoms. The van der Waals surface area contributed by atoms with E-state index in [4.69, 9.17) is 5.11 Å². The first-order valence-corrected chi connectivity index (χ1v) is 5.38. The molecule has 0 saturated carbocycles. The second kappa shape index (κ2) is 5.22. The Morgan fingerprint density at radius 1 is 1.39 bits per heavy atom. The van der Waals surface area contributed by atoms with E-state index in [9.17, 15) is 4.79 Å². The minimum atomic E-state index is -0.998. The topological polar surface area (TPSA) is 88.0 Å². The lowest BCUT2D eigenvalue weighted by molar-refractivity contribution is 0.0697. The van der Waals surface area contributed by atoms with Crippen LogP contribution in [-0.2, 0) is 6.54 Å². The molecule has 0 aromatic carbocycles. The Hall–Kier alpha value is -2.50. The molecule has 2 rings (SSSR count). The fraction of sp³-hybridized carbons (Fsp3) is 0.167. The standard InChI is InChI=1S/C12H12N4O2/c1-8-4-6-13-11(10(8)12(17)18)14-7-9-3-2-5-15-16-9/h2-6H,7H2,1H3,(H,13,14)(H,17,18). The molecular formula is C12H12N4O2. The zero-order valence-corrected chi connectivity index (χ0v) is 9.79. The highest BCUT2D eigenvalue weighted by Gasteiger charge is 2.13. The van der Waals surface area contributed by atoms with Crippen LogP contribution in [0.1, 0.15) is 21.6 Å². The number of carboxylic acids is 1. The predicted octanol–water partition coefficient (Wildman–Crippen LogP) is 1.49. The number of hydrogen-bond acceptors (Lipinski definition) is 5. The van der Waals surface area contributed by atoms with E-state index in [1.165, 1.54) is 0 Å². The van der Waals surface area contributed by atoms with E-state index >= 15 is 0 Å². The van der Waals surface area contributed by atoms with Gasteiger partial charge in [0.25, 0.3) is 0 Å². The average Bonchev–Trinajstić information content (AvgIpc) is 2.37. The van der Waals surface area contributed by atoms with Crippen molar-refractivity contribution >= 4 is 11.8 Å². The maximum atomic E-state index is 11.1. The summed E-state index contributed by atoms with van der Waals surface area (Å²) in [7, 11) is 0. The second-order valence-corrected chi connectivity index (χ2v) is 3.73. The van der Waals surface area contributed by atoms with Crippen LogP contribution in [0.3, 0.4) is 0 Å². The van der Waals surface area contributed by atoms with E-state index in [2.05, 4.69) is 20.5 Å². The average molecular weight is 244 g/mol. The van der Waals surface area contributed by atoms with Crippen molar-refractivity contribution in [3.8, 4) is 0 Å². The van der Waals surface area contributed by atoms with Crippen molar-refractivity contribution in [2.45, 2.75) is 13.5 Å². The Morgan fingerprint density at radius 3 is 2.89 bits per heavy atom. The van der Waals surface area contributed by atoms with Crippen molar-refractivity contribution in [3.05, 3.63) is 47.4 Å². The molecule has 0 amide bonds. The van der Waals surface area contributed by atoms with E-state index in [0.717, 1.165) is 5.69 Å². The fourth-order valence-electron chi connectivity index (χ4n) is 1.56. The van der Waals surface area contributed by atoms with Gasteiger partial charge in [-0.3, -0.25) is 0 Å². The molecule has 2 N–H and O–H groups in total. The summed E-state index contributed by atoms with van der Waals surface area (Å²) in [6, 6.07) is 5.24. The molecule has 6 heteroatoms. The number of pyridine rings is 1. The van der Waals surface area contributed by atoms with Gasteiger partial charge in [-0.1, -0.05) is 0 Å². The monoisotopic (exact) mass is 244 g/mol. The molecule has 0 unspecified atom stereocenters. The predicted molar refractivity (Wildman–Crippen MR) is 65.3 cm³/mol. The SMILES string of the molecule is Cc1ccnc(NCc2cccnn2)c1C(=O)O. The lowest BCUT2D eigenvalue weighted by Crippen LogP contribution is -2.10. The third kappa shape index (κ3) is 2.60. The van der Waals surface area contributed by atoms with Crippen LogP contribution in [-0.4, -0.2) is 26.3 Å². The number of carbonyl (C=O) groups is 1. The molecule has 2 aromatic rings. The number of aromatic carboxylic acids is 1. The van der Waals surface area contributed by atoms with Crippen LogP contribution >= 0.6 is 0 Å². The zero-order chi connectivity index (χ0) is 13.0. The Balaban J connectivity index is 2.20. The van der Waals surface area contributed by atoms with Gasteiger partial charge in [-0.2, -0.15) is 10.2 Å². The van der Waals surface area contributed by atoms with Crippen LogP contribution in [0.25, 0.3) is 0 Å². The second-order valence-electron chi connectivity index (χ2n) is 3.73. The van der Waals surface area contributed by atoms with E-state index in [-0.39, 0.29) is 5.56 Å². The van der Waals surface area contributed by atoms with Gasteiger partial charge in [-0.25, -0.2) is 9.78 Å². The molecule has 6 nitrogen and oxygen atoms in total. The summed E-state index contributed by atoms with van der Waals surface area (Å²) in [6.45, 7) is 2.11. The van der Waals surface area contributed by atoms with Crippen molar-refractivity contribution in [2.24, 2.45) is 0 Å². The van der Waals surface area contributed by atoms with E-state index in [1.54, 1.807) is 37.5 Å². The lowest BCUT2D eigenvalue weighted by Gasteiger charge is -2.09. The van der Waals surface area contributed by atoms with Crippen LogP contribution in [0.5, 0.6) is 0 Å². The summed E-state index contributed by atoms with van der Waals surface area (Å²) in [5.41, 5.74) is 1.57. The van der Waals surface area contributed by atoms with Gasteiger partial charge < -0.3 is 10.4 Å². The normalized spacial score (nSPS) is 10.1. The molecule has 18 heavy (non-hydrogen) atoms. The number of anilines is 1. The van der Waals surface area contributed by atoms with E-state index in [0.29, 0.717) is 17.9 Å². The highest BCUT2D eigenvalue weighted by Crippen LogP contribution is 2.16. The molecule has 2 aromatic heterocycles. The van der Waals surface area contributed by atoms with Crippen LogP contribution in [0.4, 0.5) is 5.82 Å². The van der Waals surface area contributed by atoms with Crippen molar-refractivity contribution in [1.29, 1.82) is 0 Å². The van der Waals surface area contributed by atoms with Crippen molar-refractivity contribution in [3.63, 3.8) is 0 Å². The Kier molecular flexibility index (Phi) is 3.47. The van der Waals surface area contributed by atoms with Gasteiger partial charge in [0.1, 0.15) is 11.4 Å². The summed E-state index contributed by atoms with van der Waals surface area (Å²) in [6.07, 6.45) is 3.15. The molecule has 0 bridgehead atoms. The van der Waals surface area contributed by atoms with Crippen LogP contribution < -0.4 is 5.32 Å². The third-order valence-electron chi connectivity index (χ3n) is 2.44. The zero-order valence-electron chi connectivity index (χ0n) is 9.79. The molecule has 0 fully saturated rings. The largest absolute Gasteiger partial charge is 0.478 e. The van der Waals surface area contributed by atoms with Gasteiger partial charge in [0.2, 0.25) is 0 Å². The minimum Gasteiger partial charge on any atom is -0.478 e. The Bertz CT molecular complexity index is 557. The Morgan fingerprint density at radius 2 is 2.22 bits per heavy atom. The van der Waals surface area contributed by atoms with Gasteiger partial charge >= 0.3 is 5.97 Å². The highest BCUT2D eigenvalue weighted by molar-refractivity contribution is 5.94.